The average Bonchev–Trinajstić information content (AvgIpc) is 2.99. The summed E-state index contributed by atoms with van der Waals surface area (Å²) in [7, 11) is 1.56. The molecule has 0 radical (unpaired) electrons. The van der Waals surface area contributed by atoms with E-state index < -0.39 is 6.04 Å². The van der Waals surface area contributed by atoms with Gasteiger partial charge in [0.05, 0.1) is 0 Å². The Balaban J connectivity index is 1.60. The van der Waals surface area contributed by atoms with E-state index in [9.17, 15) is 19.2 Å². The van der Waals surface area contributed by atoms with Crippen molar-refractivity contribution in [1.29, 1.82) is 0 Å². The average molecular weight is 408 g/mol. The summed E-state index contributed by atoms with van der Waals surface area (Å²) < 4.78 is 0. The van der Waals surface area contributed by atoms with Crippen molar-refractivity contribution >= 4 is 29.4 Å². The van der Waals surface area contributed by atoms with Gasteiger partial charge in [-0.05, 0) is 24.1 Å². The standard InChI is InChI=1S/C22H24N4O4/c1-25-15-19(28)26(22(25)30)14-8-13-18(27)24-20(16-9-4-2-5-10-16)21(29)23-17-11-6-3-7-12-17/h2-7,9-12,20H,8,13-15H2,1H3,(H,23,29)(H,24,27). The summed E-state index contributed by atoms with van der Waals surface area (Å²) in [6.45, 7) is 0.225. The molecular formula is C22H24N4O4. The van der Waals surface area contributed by atoms with Gasteiger partial charge in [0.15, 0.2) is 0 Å². The Hall–Kier alpha value is -3.68. The van der Waals surface area contributed by atoms with Crippen molar-refractivity contribution < 1.29 is 19.2 Å². The van der Waals surface area contributed by atoms with Crippen LogP contribution in [-0.2, 0) is 14.4 Å². The van der Waals surface area contributed by atoms with Gasteiger partial charge in [0.1, 0.15) is 12.6 Å². The highest BCUT2D eigenvalue weighted by molar-refractivity contribution is 6.02. The number of urea groups is 1. The summed E-state index contributed by atoms with van der Waals surface area (Å²) >= 11 is 0. The van der Waals surface area contributed by atoms with E-state index in [4.69, 9.17) is 0 Å². The number of hydrogen-bond acceptors (Lipinski definition) is 4. The topological polar surface area (TPSA) is 98.8 Å². The number of amides is 5. The molecule has 2 aromatic rings. The molecule has 8 nitrogen and oxygen atoms in total. The van der Waals surface area contributed by atoms with E-state index in [1.54, 1.807) is 43.4 Å². The fourth-order valence-corrected chi connectivity index (χ4v) is 3.20. The molecule has 156 valence electrons. The molecular weight excluding hydrogens is 384 g/mol. The van der Waals surface area contributed by atoms with Gasteiger partial charge >= 0.3 is 6.03 Å². The highest BCUT2D eigenvalue weighted by atomic mass is 16.2. The summed E-state index contributed by atoms with van der Waals surface area (Å²) in [4.78, 5) is 51.5. The van der Waals surface area contributed by atoms with E-state index in [1.165, 1.54) is 4.90 Å². The first-order chi connectivity index (χ1) is 14.5. The highest BCUT2D eigenvalue weighted by Crippen LogP contribution is 2.17. The minimum absolute atomic E-state index is 0.0563. The van der Waals surface area contributed by atoms with Crippen LogP contribution in [-0.4, -0.2) is 53.7 Å². The van der Waals surface area contributed by atoms with E-state index in [0.29, 0.717) is 17.7 Å². The molecule has 1 aliphatic heterocycles. The number of imide groups is 1. The molecule has 1 atom stereocenters. The molecule has 5 amide bonds. The number of nitrogens with zero attached hydrogens (tertiary/aromatic N) is 2. The number of carbonyl (C=O) groups is 4. The first-order valence-electron chi connectivity index (χ1n) is 9.71. The van der Waals surface area contributed by atoms with Crippen LogP contribution >= 0.6 is 0 Å². The number of hydrogen-bond donors (Lipinski definition) is 2. The van der Waals surface area contributed by atoms with Gasteiger partial charge in [0.2, 0.25) is 11.8 Å². The smallest absolute Gasteiger partial charge is 0.326 e. The Morgan fingerprint density at radius 1 is 1.00 bits per heavy atom. The zero-order valence-corrected chi connectivity index (χ0v) is 16.7. The van der Waals surface area contributed by atoms with Gasteiger partial charge in [-0.25, -0.2) is 4.79 Å². The van der Waals surface area contributed by atoms with Crippen LogP contribution < -0.4 is 10.6 Å². The molecule has 2 N–H and O–H groups in total. The number of anilines is 1. The van der Waals surface area contributed by atoms with Crippen LogP contribution in [0.3, 0.4) is 0 Å². The van der Waals surface area contributed by atoms with Gasteiger partial charge in [-0.2, -0.15) is 0 Å². The first kappa shape index (κ1) is 21.0. The van der Waals surface area contributed by atoms with E-state index in [0.717, 1.165) is 4.90 Å². The lowest BCUT2D eigenvalue weighted by atomic mass is 10.1. The highest BCUT2D eigenvalue weighted by Gasteiger charge is 2.33. The van der Waals surface area contributed by atoms with Gasteiger partial charge in [0.25, 0.3) is 5.91 Å². The lowest BCUT2D eigenvalue weighted by Gasteiger charge is -2.19. The number of likely N-dealkylation sites (N-methyl/N-ethyl adjacent to an activating group) is 1. The monoisotopic (exact) mass is 408 g/mol. The molecule has 2 aromatic carbocycles. The molecule has 0 aromatic heterocycles. The molecule has 1 aliphatic rings. The summed E-state index contributed by atoms with van der Waals surface area (Å²) in [5.74, 6) is -0.959. The molecule has 0 spiro atoms. The van der Waals surface area contributed by atoms with Crippen molar-refractivity contribution in [2.75, 3.05) is 25.5 Å². The number of nitrogens with one attached hydrogen (secondary N) is 2. The molecule has 1 fully saturated rings. The fraction of sp³-hybridized carbons (Fsp3) is 0.273. The van der Waals surface area contributed by atoms with Crippen LogP contribution in [0.5, 0.6) is 0 Å². The van der Waals surface area contributed by atoms with Crippen molar-refractivity contribution in [3.63, 3.8) is 0 Å². The Morgan fingerprint density at radius 3 is 2.23 bits per heavy atom. The van der Waals surface area contributed by atoms with Gasteiger partial charge in [0, 0.05) is 25.7 Å². The van der Waals surface area contributed by atoms with Crippen molar-refractivity contribution in [3.8, 4) is 0 Å². The second kappa shape index (κ2) is 9.69. The predicted molar refractivity (Wildman–Crippen MR) is 111 cm³/mol. The minimum Gasteiger partial charge on any atom is -0.341 e. The second-order valence-corrected chi connectivity index (χ2v) is 7.05. The molecule has 1 saturated heterocycles. The molecule has 0 bridgehead atoms. The normalized spacial score (nSPS) is 14.6. The number of carbonyl (C=O) groups excluding carboxylic acids is 4. The summed E-state index contributed by atoms with van der Waals surface area (Å²) in [5.41, 5.74) is 1.29. The second-order valence-electron chi connectivity index (χ2n) is 7.05. The van der Waals surface area contributed by atoms with Crippen molar-refractivity contribution in [1.82, 2.24) is 15.1 Å². The van der Waals surface area contributed by atoms with Crippen LogP contribution in [0.15, 0.2) is 60.7 Å². The van der Waals surface area contributed by atoms with Crippen LogP contribution in [0.25, 0.3) is 0 Å². The van der Waals surface area contributed by atoms with Crippen LogP contribution in [0, 0.1) is 0 Å². The quantitative estimate of drug-likeness (QED) is 0.654. The molecule has 0 aliphatic carbocycles. The van der Waals surface area contributed by atoms with Gasteiger partial charge in [-0.3, -0.25) is 19.3 Å². The Bertz CT molecular complexity index is 917. The van der Waals surface area contributed by atoms with Gasteiger partial charge in [-0.1, -0.05) is 48.5 Å². The van der Waals surface area contributed by atoms with E-state index >= 15 is 0 Å². The van der Waals surface area contributed by atoms with Gasteiger partial charge < -0.3 is 15.5 Å². The molecule has 1 unspecified atom stereocenters. The Morgan fingerprint density at radius 2 is 1.63 bits per heavy atom. The summed E-state index contributed by atoms with van der Waals surface area (Å²) in [5, 5.41) is 5.57. The molecule has 0 saturated carbocycles. The zero-order valence-electron chi connectivity index (χ0n) is 16.7. The fourth-order valence-electron chi connectivity index (χ4n) is 3.20. The minimum atomic E-state index is -0.861. The third-order valence-electron chi connectivity index (χ3n) is 4.76. The third kappa shape index (κ3) is 5.22. The largest absolute Gasteiger partial charge is 0.341 e. The van der Waals surface area contributed by atoms with E-state index in [2.05, 4.69) is 10.6 Å². The van der Waals surface area contributed by atoms with E-state index in [1.807, 2.05) is 24.3 Å². The predicted octanol–water partition coefficient (Wildman–Crippen LogP) is 2.16. The molecule has 8 heteroatoms. The maximum absolute atomic E-state index is 12.8. The lowest BCUT2D eigenvalue weighted by Crippen LogP contribution is -2.37. The molecule has 3 rings (SSSR count). The van der Waals surface area contributed by atoms with Crippen molar-refractivity contribution in [3.05, 3.63) is 66.2 Å². The number of rotatable bonds is 8. The maximum atomic E-state index is 12.8. The number of benzene rings is 2. The lowest BCUT2D eigenvalue weighted by molar-refractivity contribution is -0.127. The Kier molecular flexibility index (Phi) is 6.79. The summed E-state index contributed by atoms with van der Waals surface area (Å²) in [6.07, 6.45) is 0.404. The van der Waals surface area contributed by atoms with Crippen LogP contribution in [0.4, 0.5) is 10.5 Å². The SMILES string of the molecule is CN1CC(=O)N(CCCC(=O)NC(C(=O)Nc2ccccc2)c2ccccc2)C1=O. The van der Waals surface area contributed by atoms with Crippen molar-refractivity contribution in [2.24, 2.45) is 0 Å². The Labute approximate surface area is 174 Å². The molecule has 1 heterocycles. The van der Waals surface area contributed by atoms with Crippen LogP contribution in [0.2, 0.25) is 0 Å². The zero-order chi connectivity index (χ0) is 21.5. The van der Waals surface area contributed by atoms with E-state index in [-0.39, 0.29) is 43.3 Å². The molecule has 30 heavy (non-hydrogen) atoms. The number of para-hydroxylation sites is 1. The third-order valence-corrected chi connectivity index (χ3v) is 4.76. The summed E-state index contributed by atoms with van der Waals surface area (Å²) in [6, 6.07) is 16.7. The van der Waals surface area contributed by atoms with Gasteiger partial charge in [-0.15, -0.1) is 0 Å². The van der Waals surface area contributed by atoms with Crippen LogP contribution in [0.1, 0.15) is 24.4 Å². The maximum Gasteiger partial charge on any atom is 0.326 e. The first-order valence-corrected chi connectivity index (χ1v) is 9.71. The van der Waals surface area contributed by atoms with Crippen molar-refractivity contribution in [2.45, 2.75) is 18.9 Å².